The van der Waals surface area contributed by atoms with Crippen LogP contribution in [0.15, 0.2) is 18.2 Å². The van der Waals surface area contributed by atoms with Crippen LogP contribution in [0.25, 0.3) is 0 Å². The van der Waals surface area contributed by atoms with Crippen molar-refractivity contribution in [1.82, 2.24) is 20.4 Å². The smallest absolute Gasteiger partial charge is 0.262 e. The van der Waals surface area contributed by atoms with Gasteiger partial charge in [0.25, 0.3) is 11.8 Å². The molecule has 2 N–H and O–H groups in total. The molecule has 4 aliphatic rings. The molecule has 4 heterocycles. The third-order valence-corrected chi connectivity index (χ3v) is 7.40. The van der Waals surface area contributed by atoms with Crippen molar-refractivity contribution < 1.29 is 19.2 Å². The van der Waals surface area contributed by atoms with Gasteiger partial charge in [-0.15, -0.1) is 0 Å². The van der Waals surface area contributed by atoms with Crippen molar-refractivity contribution in [1.29, 1.82) is 0 Å². The Kier molecular flexibility index (Phi) is 5.14. The van der Waals surface area contributed by atoms with Crippen molar-refractivity contribution in [3.63, 3.8) is 0 Å². The van der Waals surface area contributed by atoms with E-state index in [0.717, 1.165) is 49.5 Å². The second kappa shape index (κ2) is 7.84. The molecule has 1 aromatic rings. The summed E-state index contributed by atoms with van der Waals surface area (Å²) in [7, 11) is 0. The predicted molar refractivity (Wildman–Crippen MR) is 112 cm³/mol. The Morgan fingerprint density at radius 3 is 2.52 bits per heavy atom. The predicted octanol–water partition coefficient (Wildman–Crippen LogP) is 1.20. The maximum absolute atomic E-state index is 13.1. The Morgan fingerprint density at radius 2 is 1.74 bits per heavy atom. The second-order valence-corrected chi connectivity index (χ2v) is 9.18. The molecular weight excluding hydrogens is 396 g/mol. The second-order valence-electron chi connectivity index (χ2n) is 9.18. The minimum atomic E-state index is -0.923. The quantitative estimate of drug-likeness (QED) is 0.708. The number of hydrogen-bond acceptors (Lipinski definition) is 6. The van der Waals surface area contributed by atoms with Crippen molar-refractivity contribution in [2.75, 3.05) is 19.6 Å². The number of nitrogens with one attached hydrogen (secondary N) is 2. The number of carbonyl (C=O) groups excluding carboxylic acids is 4. The Hall–Kier alpha value is -2.58. The fraction of sp³-hybridized carbons (Fsp3) is 0.565. The van der Waals surface area contributed by atoms with E-state index in [1.807, 2.05) is 12.1 Å². The molecule has 3 saturated heterocycles. The first-order chi connectivity index (χ1) is 15.0. The summed E-state index contributed by atoms with van der Waals surface area (Å²) in [5, 5.41) is 5.70. The minimum Gasteiger partial charge on any atom is -0.317 e. The molecule has 0 radical (unpaired) electrons. The average Bonchev–Trinajstić information content (AvgIpc) is 3.01. The van der Waals surface area contributed by atoms with Crippen LogP contribution in [-0.2, 0) is 16.1 Å². The van der Waals surface area contributed by atoms with E-state index >= 15 is 0 Å². The minimum absolute atomic E-state index is 0.126. The van der Waals surface area contributed by atoms with Crippen LogP contribution >= 0.6 is 0 Å². The molecule has 4 aliphatic heterocycles. The summed E-state index contributed by atoms with van der Waals surface area (Å²) in [5.74, 6) is -1.83. The Labute approximate surface area is 181 Å². The molecule has 3 fully saturated rings. The molecule has 164 valence electrons. The van der Waals surface area contributed by atoms with Crippen LogP contribution in [0, 0.1) is 0 Å². The van der Waals surface area contributed by atoms with E-state index in [-0.39, 0.29) is 24.3 Å². The van der Waals surface area contributed by atoms with Gasteiger partial charge in [0.05, 0.1) is 11.1 Å². The summed E-state index contributed by atoms with van der Waals surface area (Å²) < 4.78 is 0. The Balaban J connectivity index is 1.38. The summed E-state index contributed by atoms with van der Waals surface area (Å²) in [6.45, 7) is 3.88. The summed E-state index contributed by atoms with van der Waals surface area (Å²) in [5.41, 5.74) is 1.95. The fourth-order valence-corrected chi connectivity index (χ4v) is 5.69. The summed E-state index contributed by atoms with van der Waals surface area (Å²) in [4.78, 5) is 53.3. The highest BCUT2D eigenvalue weighted by molar-refractivity contribution is 6.23. The first kappa shape index (κ1) is 20.3. The SMILES string of the molecule is O=C1CCC(N2C(=O)c3ccc(CN4CCCCC45CCNCC5)cc3C2=O)C(=O)N1. The molecular formula is C23H28N4O4. The molecule has 1 atom stereocenters. The summed E-state index contributed by atoms with van der Waals surface area (Å²) in [6.07, 6.45) is 6.22. The number of benzene rings is 1. The topological polar surface area (TPSA) is 98.8 Å². The zero-order valence-corrected chi connectivity index (χ0v) is 17.6. The molecule has 0 saturated carbocycles. The van der Waals surface area contributed by atoms with Crippen LogP contribution in [0.4, 0.5) is 0 Å². The highest BCUT2D eigenvalue weighted by Crippen LogP contribution is 2.37. The number of amides is 4. The van der Waals surface area contributed by atoms with Crippen molar-refractivity contribution in [2.24, 2.45) is 0 Å². The molecule has 0 bridgehead atoms. The Bertz CT molecular complexity index is 945. The number of rotatable bonds is 3. The molecule has 5 rings (SSSR count). The van der Waals surface area contributed by atoms with Crippen LogP contribution in [0.3, 0.4) is 0 Å². The van der Waals surface area contributed by atoms with Gasteiger partial charge in [0, 0.05) is 18.5 Å². The van der Waals surface area contributed by atoms with Crippen molar-refractivity contribution in [3.8, 4) is 0 Å². The van der Waals surface area contributed by atoms with Crippen molar-refractivity contribution in [3.05, 3.63) is 34.9 Å². The fourth-order valence-electron chi connectivity index (χ4n) is 5.69. The van der Waals surface area contributed by atoms with Gasteiger partial charge in [-0.05, 0) is 69.4 Å². The van der Waals surface area contributed by atoms with E-state index in [9.17, 15) is 19.2 Å². The maximum atomic E-state index is 13.1. The standard InChI is InChI=1S/C23H28N4O4/c28-19-6-5-18(20(29)25-19)27-21(30)16-4-3-15(13-17(16)22(27)31)14-26-12-2-1-7-23(26)8-10-24-11-9-23/h3-4,13,18,24H,1-2,5-12,14H2,(H,25,28,29). The van der Waals surface area contributed by atoms with Crippen molar-refractivity contribution >= 4 is 23.6 Å². The number of hydrogen-bond donors (Lipinski definition) is 2. The number of nitrogens with zero attached hydrogens (tertiary/aromatic N) is 2. The molecule has 8 nitrogen and oxygen atoms in total. The van der Waals surface area contributed by atoms with E-state index in [2.05, 4.69) is 15.5 Å². The lowest BCUT2D eigenvalue weighted by Gasteiger charge is -2.50. The van der Waals surface area contributed by atoms with Gasteiger partial charge in [0.2, 0.25) is 11.8 Å². The molecule has 1 aromatic carbocycles. The highest BCUT2D eigenvalue weighted by Gasteiger charge is 2.45. The third-order valence-electron chi connectivity index (χ3n) is 7.40. The molecule has 31 heavy (non-hydrogen) atoms. The summed E-state index contributed by atoms with van der Waals surface area (Å²) >= 11 is 0. The van der Waals surface area contributed by atoms with Crippen molar-refractivity contribution in [2.45, 2.75) is 63.1 Å². The van der Waals surface area contributed by atoms with Crippen LogP contribution in [-0.4, -0.2) is 64.6 Å². The van der Waals surface area contributed by atoms with Gasteiger partial charge in [-0.2, -0.15) is 0 Å². The maximum Gasteiger partial charge on any atom is 0.262 e. The molecule has 1 unspecified atom stereocenters. The first-order valence-electron chi connectivity index (χ1n) is 11.3. The zero-order valence-electron chi connectivity index (χ0n) is 17.6. The van der Waals surface area contributed by atoms with E-state index in [1.165, 1.54) is 19.3 Å². The van der Waals surface area contributed by atoms with Crippen LogP contribution in [0.2, 0.25) is 0 Å². The number of piperidine rings is 3. The van der Waals surface area contributed by atoms with Gasteiger partial charge in [0.15, 0.2) is 0 Å². The van der Waals surface area contributed by atoms with Crippen LogP contribution < -0.4 is 10.6 Å². The van der Waals surface area contributed by atoms with Gasteiger partial charge in [-0.25, -0.2) is 0 Å². The van der Waals surface area contributed by atoms with Gasteiger partial charge in [-0.1, -0.05) is 12.5 Å². The van der Waals surface area contributed by atoms with Gasteiger partial charge in [0.1, 0.15) is 6.04 Å². The van der Waals surface area contributed by atoms with Crippen LogP contribution in [0.1, 0.15) is 71.2 Å². The number of carbonyl (C=O) groups is 4. The largest absolute Gasteiger partial charge is 0.317 e. The van der Waals surface area contributed by atoms with E-state index in [0.29, 0.717) is 11.1 Å². The normalized spacial score (nSPS) is 26.3. The third kappa shape index (κ3) is 3.47. The highest BCUT2D eigenvalue weighted by atomic mass is 16.2. The summed E-state index contributed by atoms with van der Waals surface area (Å²) in [6, 6.07) is 4.55. The number of imide groups is 2. The molecule has 8 heteroatoms. The lowest BCUT2D eigenvalue weighted by atomic mass is 9.79. The van der Waals surface area contributed by atoms with Gasteiger partial charge < -0.3 is 5.32 Å². The lowest BCUT2D eigenvalue weighted by Crippen LogP contribution is -2.56. The van der Waals surface area contributed by atoms with E-state index < -0.39 is 23.8 Å². The molecule has 1 spiro atoms. The molecule has 0 aromatic heterocycles. The van der Waals surface area contributed by atoms with Gasteiger partial charge in [-0.3, -0.25) is 34.3 Å². The monoisotopic (exact) mass is 424 g/mol. The lowest BCUT2D eigenvalue weighted by molar-refractivity contribution is -0.136. The van der Waals surface area contributed by atoms with E-state index in [1.54, 1.807) is 6.07 Å². The first-order valence-corrected chi connectivity index (χ1v) is 11.3. The zero-order chi connectivity index (χ0) is 21.6. The van der Waals surface area contributed by atoms with Gasteiger partial charge >= 0.3 is 0 Å². The number of fused-ring (bicyclic) bond motifs is 1. The molecule has 0 aliphatic carbocycles. The van der Waals surface area contributed by atoms with Crippen LogP contribution in [0.5, 0.6) is 0 Å². The molecule has 4 amide bonds. The Morgan fingerprint density at radius 1 is 0.968 bits per heavy atom. The number of likely N-dealkylation sites (tertiary alicyclic amines) is 1. The van der Waals surface area contributed by atoms with E-state index in [4.69, 9.17) is 0 Å². The average molecular weight is 425 g/mol.